The molecule has 4 heteroatoms. The maximum absolute atomic E-state index is 4.49. The van der Waals surface area contributed by atoms with E-state index in [0.29, 0.717) is 11.4 Å². The Morgan fingerprint density at radius 2 is 0.646 bits per heavy atom. The van der Waals surface area contributed by atoms with E-state index in [1.807, 2.05) is 133 Å². The number of para-hydroxylation sites is 2. The molecule has 7 aromatic rings. The lowest BCUT2D eigenvalue weighted by Crippen LogP contribution is -1.80. The molecule has 4 nitrogen and oxygen atoms in total. The summed E-state index contributed by atoms with van der Waals surface area (Å²) in [5, 5.41) is 4.37. The van der Waals surface area contributed by atoms with E-state index < -0.39 is 0 Å². The molecule has 0 heterocycles. The zero-order valence-electron chi connectivity index (χ0n) is 25.8. The zero-order valence-corrected chi connectivity index (χ0v) is 25.8. The lowest BCUT2D eigenvalue weighted by molar-refractivity contribution is 1.48. The van der Waals surface area contributed by atoms with Gasteiger partial charge in [-0.15, -0.1) is 0 Å². The highest BCUT2D eigenvalue weighted by atomic mass is 14.8. The number of hydrogen-bond acceptors (Lipinski definition) is 4. The lowest BCUT2D eigenvalue weighted by Gasteiger charge is -1.99. The number of hydrogen-bond donors (Lipinski definition) is 0. The summed E-state index contributed by atoms with van der Waals surface area (Å²) in [7, 11) is 0. The third kappa shape index (κ3) is 7.09. The standard InChI is InChI=1S/C44H26N4/c1-5-17-39-35(11-1)15-9-21-43(39)47-31-45-41-19-7-3-13-37(41)29-27-33-23-25-34(26-24-33)28-30-38-14-4-8-20-42(38)46-32-48-44-22-10-16-36-12-2-6-18-40(36)44/h1-26H. The third-order valence-electron chi connectivity index (χ3n) is 7.59. The van der Waals surface area contributed by atoms with Crippen LogP contribution in [0.4, 0.5) is 22.7 Å². The summed E-state index contributed by atoms with van der Waals surface area (Å²) in [6.07, 6.45) is 0. The minimum Gasteiger partial charge on any atom is -0.187 e. The molecule has 0 aliphatic rings. The maximum Gasteiger partial charge on any atom is 0.101 e. The Morgan fingerprint density at radius 3 is 1.12 bits per heavy atom. The highest BCUT2D eigenvalue weighted by molar-refractivity contribution is 5.94. The number of fused-ring (bicyclic) bond motifs is 2. The van der Waals surface area contributed by atoms with Crippen molar-refractivity contribution in [1.82, 2.24) is 0 Å². The van der Waals surface area contributed by atoms with E-state index in [4.69, 9.17) is 0 Å². The van der Waals surface area contributed by atoms with E-state index in [2.05, 4.69) is 79.9 Å². The van der Waals surface area contributed by atoms with E-state index in [1.54, 1.807) is 0 Å². The Morgan fingerprint density at radius 1 is 0.292 bits per heavy atom. The van der Waals surface area contributed by atoms with Gasteiger partial charge in [-0.2, -0.15) is 20.0 Å². The summed E-state index contributed by atoms with van der Waals surface area (Å²) in [5.74, 6) is 13.0. The number of aliphatic imine (C=N–C) groups is 4. The fraction of sp³-hybridized carbons (Fsp3) is 0. The molecule has 48 heavy (non-hydrogen) atoms. The summed E-state index contributed by atoms with van der Waals surface area (Å²) in [4.78, 5) is 17.9. The lowest BCUT2D eigenvalue weighted by atomic mass is 10.1. The van der Waals surface area contributed by atoms with Crippen LogP contribution in [0.25, 0.3) is 21.5 Å². The SMILES string of the molecule is C(=Nc1ccccc1C#Cc1ccc(C#Cc2ccccc2N=C=Nc2cccc3ccccc23)cc1)=Nc1cccc2ccccc12. The predicted molar refractivity (Wildman–Crippen MR) is 198 cm³/mol. The summed E-state index contributed by atoms with van der Waals surface area (Å²) in [5.41, 5.74) is 6.40. The average Bonchev–Trinajstić information content (AvgIpc) is 3.14. The summed E-state index contributed by atoms with van der Waals surface area (Å²) in [6.45, 7) is 0. The van der Waals surface area contributed by atoms with E-state index in [9.17, 15) is 0 Å². The Balaban J connectivity index is 1.07. The van der Waals surface area contributed by atoms with Crippen molar-refractivity contribution in [1.29, 1.82) is 0 Å². The molecule has 222 valence electrons. The maximum atomic E-state index is 4.49. The number of benzene rings is 7. The Bertz CT molecular complexity index is 2350. The van der Waals surface area contributed by atoms with Gasteiger partial charge in [0.2, 0.25) is 0 Å². The van der Waals surface area contributed by atoms with Gasteiger partial charge in [-0.05, 0) is 71.4 Å². The van der Waals surface area contributed by atoms with E-state index in [0.717, 1.165) is 55.2 Å². The van der Waals surface area contributed by atoms with Crippen LogP contribution in [0.15, 0.2) is 178 Å². The van der Waals surface area contributed by atoms with Crippen LogP contribution >= 0.6 is 0 Å². The van der Waals surface area contributed by atoms with Crippen LogP contribution in [0.3, 0.4) is 0 Å². The quantitative estimate of drug-likeness (QED) is 0.141. The number of rotatable bonds is 4. The highest BCUT2D eigenvalue weighted by Gasteiger charge is 2.00. The summed E-state index contributed by atoms with van der Waals surface area (Å²) >= 11 is 0. The van der Waals surface area contributed by atoms with Crippen LogP contribution in [-0.4, -0.2) is 12.0 Å². The fourth-order valence-electron chi connectivity index (χ4n) is 5.15. The van der Waals surface area contributed by atoms with E-state index in [-0.39, 0.29) is 0 Å². The van der Waals surface area contributed by atoms with Crippen molar-refractivity contribution in [2.45, 2.75) is 0 Å². The molecule has 0 spiro atoms. The molecule has 0 N–H and O–H groups in total. The second-order valence-corrected chi connectivity index (χ2v) is 10.8. The summed E-state index contributed by atoms with van der Waals surface area (Å²) < 4.78 is 0. The molecule has 0 saturated carbocycles. The minimum absolute atomic E-state index is 0.708. The molecule has 7 rings (SSSR count). The molecule has 0 amide bonds. The van der Waals surface area contributed by atoms with Crippen molar-refractivity contribution in [2.75, 3.05) is 0 Å². The predicted octanol–water partition coefficient (Wildman–Crippen LogP) is 11.1. The highest BCUT2D eigenvalue weighted by Crippen LogP contribution is 2.27. The fourth-order valence-corrected chi connectivity index (χ4v) is 5.15. The van der Waals surface area contributed by atoms with E-state index in [1.165, 1.54) is 0 Å². The van der Waals surface area contributed by atoms with Crippen LogP contribution in [0.1, 0.15) is 22.3 Å². The van der Waals surface area contributed by atoms with Gasteiger partial charge in [0.05, 0.1) is 33.9 Å². The molecule has 0 aromatic heterocycles. The normalized spacial score (nSPS) is 10.0. The first-order valence-corrected chi connectivity index (χ1v) is 15.4. The van der Waals surface area contributed by atoms with Crippen molar-refractivity contribution >= 4 is 56.3 Å². The second kappa shape index (κ2) is 14.4. The van der Waals surface area contributed by atoms with Crippen molar-refractivity contribution in [3.8, 4) is 23.7 Å². The zero-order chi connectivity index (χ0) is 32.4. The van der Waals surface area contributed by atoms with Gasteiger partial charge in [-0.1, -0.05) is 121 Å². The van der Waals surface area contributed by atoms with Gasteiger partial charge in [-0.25, -0.2) is 0 Å². The molecular weight excluding hydrogens is 585 g/mol. The van der Waals surface area contributed by atoms with Crippen molar-refractivity contribution < 1.29 is 0 Å². The first-order chi connectivity index (χ1) is 23.8. The van der Waals surface area contributed by atoms with Gasteiger partial charge in [0.1, 0.15) is 12.0 Å². The van der Waals surface area contributed by atoms with Crippen LogP contribution in [0.5, 0.6) is 0 Å². The largest absolute Gasteiger partial charge is 0.187 e. The Hall–Kier alpha value is -7.06. The van der Waals surface area contributed by atoms with Crippen LogP contribution in [0.2, 0.25) is 0 Å². The Kier molecular flexibility index (Phi) is 8.87. The van der Waals surface area contributed by atoms with Gasteiger partial charge < -0.3 is 0 Å². The van der Waals surface area contributed by atoms with Gasteiger partial charge >= 0.3 is 0 Å². The topological polar surface area (TPSA) is 49.4 Å². The smallest absolute Gasteiger partial charge is 0.101 e. The molecule has 7 aromatic carbocycles. The van der Waals surface area contributed by atoms with Gasteiger partial charge in [0.25, 0.3) is 0 Å². The molecule has 0 radical (unpaired) electrons. The molecule has 0 saturated heterocycles. The second-order valence-electron chi connectivity index (χ2n) is 10.8. The monoisotopic (exact) mass is 610 g/mol. The van der Waals surface area contributed by atoms with Gasteiger partial charge in [-0.3, -0.25) is 0 Å². The first-order valence-electron chi connectivity index (χ1n) is 15.4. The first kappa shape index (κ1) is 29.6. The van der Waals surface area contributed by atoms with Crippen molar-refractivity contribution in [2.24, 2.45) is 20.0 Å². The average molecular weight is 611 g/mol. The van der Waals surface area contributed by atoms with Crippen LogP contribution in [0, 0.1) is 23.7 Å². The molecule has 0 aliphatic carbocycles. The Labute approximate surface area is 279 Å². The van der Waals surface area contributed by atoms with Crippen molar-refractivity contribution in [3.63, 3.8) is 0 Å². The van der Waals surface area contributed by atoms with Crippen molar-refractivity contribution in [3.05, 3.63) is 180 Å². The van der Waals surface area contributed by atoms with Gasteiger partial charge in [0, 0.05) is 21.9 Å². The third-order valence-corrected chi connectivity index (χ3v) is 7.59. The molecule has 0 atom stereocenters. The minimum atomic E-state index is 0.708. The van der Waals surface area contributed by atoms with Gasteiger partial charge in [0.15, 0.2) is 0 Å². The summed E-state index contributed by atoms with van der Waals surface area (Å²) in [6, 6.07) is 57.3. The van der Waals surface area contributed by atoms with E-state index >= 15 is 0 Å². The molecule has 0 unspecified atom stereocenters. The number of nitrogens with zero attached hydrogens (tertiary/aromatic N) is 4. The molecule has 0 bridgehead atoms. The van der Waals surface area contributed by atoms with Crippen LogP contribution in [-0.2, 0) is 0 Å². The molecule has 0 aliphatic heterocycles. The molecule has 0 fully saturated rings. The molecular formula is C44H26N4. The van der Waals surface area contributed by atoms with Crippen LogP contribution < -0.4 is 0 Å².